The summed E-state index contributed by atoms with van der Waals surface area (Å²) >= 11 is 6.24. The van der Waals surface area contributed by atoms with Gasteiger partial charge in [-0.1, -0.05) is 30.7 Å². The predicted octanol–water partition coefficient (Wildman–Crippen LogP) is 5.06. The monoisotopic (exact) mass is 526 g/mol. The number of nitrogens with one attached hydrogen (secondary N) is 3. The molecule has 0 spiro atoms. The van der Waals surface area contributed by atoms with Crippen molar-refractivity contribution in [2.45, 2.75) is 30.4 Å². The summed E-state index contributed by atoms with van der Waals surface area (Å²) in [5, 5.41) is 25.2. The summed E-state index contributed by atoms with van der Waals surface area (Å²) in [7, 11) is -3.97. The van der Waals surface area contributed by atoms with E-state index in [2.05, 4.69) is 16.0 Å². The van der Waals surface area contributed by atoms with E-state index in [4.69, 9.17) is 16.9 Å². The van der Waals surface area contributed by atoms with Gasteiger partial charge in [0.05, 0.1) is 32.9 Å². The van der Waals surface area contributed by atoms with Crippen LogP contribution in [0.15, 0.2) is 65.6 Å². The van der Waals surface area contributed by atoms with Crippen LogP contribution in [-0.2, 0) is 14.6 Å². The molecule has 0 aromatic heterocycles. The van der Waals surface area contributed by atoms with E-state index in [1.54, 1.807) is 38.1 Å². The number of phenols is 1. The van der Waals surface area contributed by atoms with Gasteiger partial charge in [0.15, 0.2) is 9.84 Å². The first-order valence-corrected chi connectivity index (χ1v) is 12.7. The van der Waals surface area contributed by atoms with Crippen LogP contribution in [-0.4, -0.2) is 30.7 Å². The van der Waals surface area contributed by atoms with Gasteiger partial charge >= 0.3 is 6.03 Å². The number of benzene rings is 3. The highest BCUT2D eigenvalue weighted by molar-refractivity contribution is 7.92. The number of carbonyl (C=O) groups is 2. The first kappa shape index (κ1) is 26.5. The summed E-state index contributed by atoms with van der Waals surface area (Å²) in [5.74, 6) is -1.21. The van der Waals surface area contributed by atoms with Gasteiger partial charge in [0.25, 0.3) is 0 Å². The van der Waals surface area contributed by atoms with E-state index >= 15 is 0 Å². The topological polar surface area (TPSA) is 148 Å². The lowest BCUT2D eigenvalue weighted by atomic mass is 10.2. The van der Waals surface area contributed by atoms with Gasteiger partial charge in [0, 0.05) is 11.8 Å². The van der Waals surface area contributed by atoms with Gasteiger partial charge in [-0.25, -0.2) is 13.2 Å². The fourth-order valence-electron chi connectivity index (χ4n) is 3.39. The molecular weight excluding hydrogens is 504 g/mol. The number of hydrogen-bond donors (Lipinski definition) is 4. The van der Waals surface area contributed by atoms with Crippen molar-refractivity contribution in [3.8, 4) is 11.8 Å². The highest BCUT2D eigenvalue weighted by Gasteiger charge is 2.33. The third-order valence-corrected chi connectivity index (χ3v) is 7.74. The Morgan fingerprint density at radius 3 is 2.33 bits per heavy atom. The molecule has 0 aliphatic rings. The van der Waals surface area contributed by atoms with E-state index in [0.29, 0.717) is 11.3 Å². The first-order valence-electron chi connectivity index (χ1n) is 10.8. The standard InChI is InChI=1S/C25H23ClN4O5S/c1-3-23(36(34,35)18-6-4-5-15(2)11-18)24(32)29-20-13-22(31)21(12-19(20)26)30-25(33)28-17-9-7-16(14-27)8-10-17/h4-13,23,31H,3H2,1-2H3,(H,29,32)(H2,28,30,33). The summed E-state index contributed by atoms with van der Waals surface area (Å²) in [6.07, 6.45) is 0.0147. The number of urea groups is 1. The van der Waals surface area contributed by atoms with E-state index in [0.717, 1.165) is 11.6 Å². The van der Waals surface area contributed by atoms with Crippen molar-refractivity contribution in [3.05, 3.63) is 76.8 Å². The molecule has 36 heavy (non-hydrogen) atoms. The van der Waals surface area contributed by atoms with E-state index in [9.17, 15) is 23.1 Å². The summed E-state index contributed by atoms with van der Waals surface area (Å²) < 4.78 is 26.1. The zero-order valence-corrected chi connectivity index (χ0v) is 20.9. The molecule has 0 bridgehead atoms. The maximum absolute atomic E-state index is 13.0. The molecule has 11 heteroatoms. The number of phenolic OH excluding ortho intramolecular Hbond substituents is 1. The molecule has 3 rings (SSSR count). The van der Waals surface area contributed by atoms with E-state index in [1.807, 2.05) is 6.07 Å². The fraction of sp³-hybridized carbons (Fsp3) is 0.160. The average molecular weight is 527 g/mol. The molecule has 0 fully saturated rings. The Morgan fingerprint density at radius 1 is 1.03 bits per heavy atom. The number of nitrogens with zero attached hydrogens (tertiary/aromatic N) is 1. The largest absolute Gasteiger partial charge is 0.506 e. The maximum atomic E-state index is 13.0. The zero-order valence-electron chi connectivity index (χ0n) is 19.4. The van der Waals surface area contributed by atoms with Gasteiger partial charge in [-0.2, -0.15) is 5.26 Å². The third kappa shape index (κ3) is 6.13. The lowest BCUT2D eigenvalue weighted by molar-refractivity contribution is -0.115. The van der Waals surface area contributed by atoms with Crippen LogP contribution in [0.25, 0.3) is 0 Å². The number of aryl methyl sites for hydroxylation is 1. The van der Waals surface area contributed by atoms with Crippen LogP contribution in [0.3, 0.4) is 0 Å². The van der Waals surface area contributed by atoms with Crippen LogP contribution in [0.5, 0.6) is 5.75 Å². The molecule has 0 aliphatic carbocycles. The molecule has 0 radical (unpaired) electrons. The smallest absolute Gasteiger partial charge is 0.323 e. The Morgan fingerprint density at radius 2 is 1.72 bits per heavy atom. The summed E-state index contributed by atoms with van der Waals surface area (Å²) in [6.45, 7) is 3.33. The second-order valence-corrected chi connectivity index (χ2v) is 10.4. The number of nitriles is 1. The van der Waals surface area contributed by atoms with Gasteiger partial charge in [-0.05, 0) is 61.4 Å². The summed E-state index contributed by atoms with van der Waals surface area (Å²) in [5.41, 5.74) is 1.53. The SMILES string of the molecule is CCC(C(=O)Nc1cc(O)c(NC(=O)Nc2ccc(C#N)cc2)cc1Cl)S(=O)(=O)c1cccc(C)c1. The number of aromatic hydroxyl groups is 1. The Labute approximate surface area is 213 Å². The molecule has 4 N–H and O–H groups in total. The molecular formula is C25H23ClN4O5S. The minimum absolute atomic E-state index is 0.0147. The van der Waals surface area contributed by atoms with Gasteiger partial charge in [-0.3, -0.25) is 4.79 Å². The molecule has 0 saturated heterocycles. The minimum atomic E-state index is -3.97. The van der Waals surface area contributed by atoms with Crippen molar-refractivity contribution >= 4 is 50.4 Å². The molecule has 0 aliphatic heterocycles. The summed E-state index contributed by atoms with van der Waals surface area (Å²) in [6, 6.07) is 16.0. The van der Waals surface area contributed by atoms with Crippen LogP contribution in [0.1, 0.15) is 24.5 Å². The Hall–Kier alpha value is -4.07. The van der Waals surface area contributed by atoms with Gasteiger partial charge in [0.2, 0.25) is 5.91 Å². The fourth-order valence-corrected chi connectivity index (χ4v) is 5.32. The second kappa shape index (κ2) is 11.1. The molecule has 186 valence electrons. The Balaban J connectivity index is 1.74. The molecule has 1 atom stereocenters. The van der Waals surface area contributed by atoms with Crippen molar-refractivity contribution < 1.29 is 23.1 Å². The maximum Gasteiger partial charge on any atom is 0.323 e. The highest BCUT2D eigenvalue weighted by atomic mass is 35.5. The van der Waals surface area contributed by atoms with Crippen molar-refractivity contribution in [2.75, 3.05) is 16.0 Å². The number of rotatable bonds is 7. The van der Waals surface area contributed by atoms with Crippen molar-refractivity contribution in [1.82, 2.24) is 0 Å². The Kier molecular flexibility index (Phi) is 8.19. The zero-order chi connectivity index (χ0) is 26.5. The average Bonchev–Trinajstić information content (AvgIpc) is 2.83. The van der Waals surface area contributed by atoms with Crippen molar-refractivity contribution in [2.24, 2.45) is 0 Å². The molecule has 3 amide bonds. The molecule has 3 aromatic rings. The number of anilines is 3. The second-order valence-electron chi connectivity index (χ2n) is 7.87. The molecule has 1 unspecified atom stereocenters. The summed E-state index contributed by atoms with van der Waals surface area (Å²) in [4.78, 5) is 25.2. The van der Waals surface area contributed by atoms with E-state index < -0.39 is 32.8 Å². The van der Waals surface area contributed by atoms with Crippen LogP contribution >= 0.6 is 11.6 Å². The third-order valence-electron chi connectivity index (χ3n) is 5.22. The minimum Gasteiger partial charge on any atom is -0.506 e. The van der Waals surface area contributed by atoms with Crippen molar-refractivity contribution in [1.29, 1.82) is 5.26 Å². The number of amides is 3. The Bertz CT molecular complexity index is 1450. The quantitative estimate of drug-likeness (QED) is 0.316. The van der Waals surface area contributed by atoms with Crippen LogP contribution < -0.4 is 16.0 Å². The van der Waals surface area contributed by atoms with Gasteiger partial charge in [-0.15, -0.1) is 0 Å². The van der Waals surface area contributed by atoms with Crippen LogP contribution in [0, 0.1) is 18.3 Å². The molecule has 9 nitrogen and oxygen atoms in total. The first-order chi connectivity index (χ1) is 17.0. The van der Waals surface area contributed by atoms with Gasteiger partial charge in [0.1, 0.15) is 11.0 Å². The van der Waals surface area contributed by atoms with Crippen LogP contribution in [0.4, 0.5) is 21.9 Å². The number of hydrogen-bond acceptors (Lipinski definition) is 6. The van der Waals surface area contributed by atoms with E-state index in [1.165, 1.54) is 30.3 Å². The molecule has 3 aromatic carbocycles. The van der Waals surface area contributed by atoms with Crippen LogP contribution in [0.2, 0.25) is 5.02 Å². The van der Waals surface area contributed by atoms with Gasteiger partial charge < -0.3 is 21.1 Å². The van der Waals surface area contributed by atoms with Crippen molar-refractivity contribution in [3.63, 3.8) is 0 Å². The lowest BCUT2D eigenvalue weighted by Gasteiger charge is -2.18. The van der Waals surface area contributed by atoms with E-state index in [-0.39, 0.29) is 27.7 Å². The number of carbonyl (C=O) groups excluding carboxylic acids is 2. The number of halogens is 1. The molecule has 0 saturated carbocycles. The predicted molar refractivity (Wildman–Crippen MR) is 138 cm³/mol. The molecule has 0 heterocycles. The number of sulfone groups is 1. The highest BCUT2D eigenvalue weighted by Crippen LogP contribution is 2.34. The lowest BCUT2D eigenvalue weighted by Crippen LogP contribution is -2.34. The normalized spacial score (nSPS) is 11.7.